The summed E-state index contributed by atoms with van der Waals surface area (Å²) in [6.45, 7) is 10.3. The van der Waals surface area contributed by atoms with E-state index < -0.39 is 23.7 Å². The van der Waals surface area contributed by atoms with E-state index in [-0.39, 0.29) is 11.2 Å². The summed E-state index contributed by atoms with van der Waals surface area (Å²) in [7, 11) is 0. The van der Waals surface area contributed by atoms with E-state index in [4.69, 9.17) is 9.84 Å². The average molecular weight is 310 g/mol. The number of carbonyl (C=O) groups is 3. The Labute approximate surface area is 124 Å². The molecule has 0 unspecified atom stereocenters. The Bertz CT molecular complexity index is 332. The van der Waals surface area contributed by atoms with Crippen LogP contribution >= 0.6 is 11.6 Å². The first-order chi connectivity index (χ1) is 8.85. The lowest BCUT2D eigenvalue weighted by molar-refractivity contribution is -0.139. The Hall–Kier alpha value is -1.30. The number of hydrogen-bond donors (Lipinski definition) is 2. The summed E-state index contributed by atoms with van der Waals surface area (Å²) in [5, 5.41) is 10.9. The molecule has 0 saturated heterocycles. The van der Waals surface area contributed by atoms with Crippen LogP contribution in [-0.4, -0.2) is 34.1 Å². The molecule has 0 aliphatic heterocycles. The number of carboxylic acid groups (broad SMARTS) is 1. The van der Waals surface area contributed by atoms with Gasteiger partial charge in [0.25, 0.3) is 0 Å². The van der Waals surface area contributed by atoms with Gasteiger partial charge in [0, 0.05) is 6.92 Å². The van der Waals surface area contributed by atoms with Crippen molar-refractivity contribution in [3.05, 3.63) is 0 Å². The number of halogens is 1. The fraction of sp³-hybridized carbons (Fsp3) is 0.769. The molecule has 0 heterocycles. The van der Waals surface area contributed by atoms with Gasteiger partial charge in [0.15, 0.2) is 0 Å². The molecule has 2 N–H and O–H groups in total. The van der Waals surface area contributed by atoms with Crippen LogP contribution in [0.3, 0.4) is 0 Å². The Morgan fingerprint density at radius 3 is 1.90 bits per heavy atom. The second-order valence-electron chi connectivity index (χ2n) is 5.64. The van der Waals surface area contributed by atoms with Crippen molar-refractivity contribution >= 4 is 28.9 Å². The summed E-state index contributed by atoms with van der Waals surface area (Å²) in [6, 6.07) is -0.894. The van der Waals surface area contributed by atoms with Gasteiger partial charge >= 0.3 is 12.1 Å². The van der Waals surface area contributed by atoms with E-state index >= 15 is 0 Å². The lowest BCUT2D eigenvalue weighted by atomic mass is 10.0. The van der Waals surface area contributed by atoms with Crippen LogP contribution in [0.4, 0.5) is 4.79 Å². The van der Waals surface area contributed by atoms with Crippen LogP contribution in [-0.2, 0) is 14.3 Å². The number of ether oxygens (including phenoxy) is 1. The van der Waals surface area contributed by atoms with Crippen molar-refractivity contribution < 1.29 is 24.2 Å². The third kappa shape index (κ3) is 16.7. The van der Waals surface area contributed by atoms with Crippen LogP contribution in [0.1, 0.15) is 48.0 Å². The van der Waals surface area contributed by atoms with E-state index in [1.165, 1.54) is 6.92 Å². The third-order valence-corrected chi connectivity index (χ3v) is 1.70. The number of amides is 1. The predicted molar refractivity (Wildman–Crippen MR) is 76.8 cm³/mol. The van der Waals surface area contributed by atoms with Gasteiger partial charge in [-0.2, -0.15) is 0 Å². The van der Waals surface area contributed by atoms with Crippen molar-refractivity contribution in [1.29, 1.82) is 0 Å². The number of alkyl carbamates (subject to hydrolysis) is 1. The standard InChI is InChI=1S/C11H21NO4.C2H3ClO/c1-7(2)6-8(9(13)14)12-10(15)16-11(3,4)5;1-2(3)4/h7-8H,6H2,1-5H3,(H,12,15)(H,13,14);1H3/t8-;/m0./s1. The molecule has 0 bridgehead atoms. The Balaban J connectivity index is 0. The van der Waals surface area contributed by atoms with Crippen LogP contribution in [0, 0.1) is 5.92 Å². The fourth-order valence-electron chi connectivity index (χ4n) is 1.14. The minimum atomic E-state index is -1.04. The van der Waals surface area contributed by atoms with Crippen LogP contribution in [0.2, 0.25) is 0 Å². The van der Waals surface area contributed by atoms with E-state index in [1.54, 1.807) is 20.8 Å². The molecule has 118 valence electrons. The maximum absolute atomic E-state index is 11.4. The molecule has 0 aromatic heterocycles. The Kier molecular flexibility index (Phi) is 10.1. The number of nitrogens with one attached hydrogen (secondary N) is 1. The summed E-state index contributed by atoms with van der Waals surface area (Å²) < 4.78 is 4.99. The van der Waals surface area contributed by atoms with Gasteiger partial charge in [-0.15, -0.1) is 0 Å². The van der Waals surface area contributed by atoms with Crippen molar-refractivity contribution in [2.24, 2.45) is 5.92 Å². The Morgan fingerprint density at radius 1 is 1.25 bits per heavy atom. The van der Waals surface area contributed by atoms with Gasteiger partial charge < -0.3 is 15.2 Å². The van der Waals surface area contributed by atoms with Crippen molar-refractivity contribution in [3.8, 4) is 0 Å². The highest BCUT2D eigenvalue weighted by Gasteiger charge is 2.24. The quantitative estimate of drug-likeness (QED) is 0.779. The topological polar surface area (TPSA) is 92.7 Å². The van der Waals surface area contributed by atoms with Crippen molar-refractivity contribution in [2.75, 3.05) is 0 Å². The molecule has 0 saturated carbocycles. The van der Waals surface area contributed by atoms with E-state index in [0.29, 0.717) is 6.42 Å². The lowest BCUT2D eigenvalue weighted by Crippen LogP contribution is -2.44. The first kappa shape index (κ1) is 21.0. The van der Waals surface area contributed by atoms with Crippen molar-refractivity contribution in [1.82, 2.24) is 5.32 Å². The fourth-order valence-corrected chi connectivity index (χ4v) is 1.14. The van der Waals surface area contributed by atoms with Crippen LogP contribution in [0.5, 0.6) is 0 Å². The molecule has 1 amide bonds. The van der Waals surface area contributed by atoms with Gasteiger partial charge in [0.1, 0.15) is 11.6 Å². The zero-order chi connectivity index (χ0) is 16.5. The molecule has 0 aromatic rings. The molecule has 0 radical (unpaired) electrons. The van der Waals surface area contributed by atoms with E-state index in [2.05, 4.69) is 16.9 Å². The maximum atomic E-state index is 11.4. The number of carbonyl (C=O) groups excluding carboxylic acids is 2. The molecule has 7 heteroatoms. The SMILES string of the molecule is CC(=O)Cl.CC(C)C[C@H](NC(=O)OC(C)(C)C)C(=O)O. The van der Waals surface area contributed by atoms with Gasteiger partial charge in [-0.25, -0.2) is 9.59 Å². The molecule has 0 aromatic carbocycles. The zero-order valence-corrected chi connectivity index (χ0v) is 13.6. The van der Waals surface area contributed by atoms with Gasteiger partial charge in [-0.3, -0.25) is 4.79 Å². The lowest BCUT2D eigenvalue weighted by Gasteiger charge is -2.22. The highest BCUT2D eigenvalue weighted by atomic mass is 35.5. The number of rotatable bonds is 4. The molecule has 0 fully saturated rings. The van der Waals surface area contributed by atoms with Crippen LogP contribution in [0.25, 0.3) is 0 Å². The van der Waals surface area contributed by atoms with Gasteiger partial charge in [-0.1, -0.05) is 13.8 Å². The number of carboxylic acids is 1. The second kappa shape index (κ2) is 9.58. The zero-order valence-electron chi connectivity index (χ0n) is 12.8. The molecule has 6 nitrogen and oxygen atoms in total. The van der Waals surface area contributed by atoms with E-state index in [9.17, 15) is 14.4 Å². The summed E-state index contributed by atoms with van der Waals surface area (Å²) in [6.07, 6.45) is -0.310. The van der Waals surface area contributed by atoms with Crippen molar-refractivity contribution in [2.45, 2.75) is 59.6 Å². The molecular weight excluding hydrogens is 286 g/mol. The first-order valence-electron chi connectivity index (χ1n) is 6.23. The molecule has 0 rings (SSSR count). The summed E-state index contributed by atoms with van der Waals surface area (Å²) in [5.41, 5.74) is -0.620. The summed E-state index contributed by atoms with van der Waals surface area (Å²) >= 11 is 4.64. The van der Waals surface area contributed by atoms with E-state index in [0.717, 1.165) is 0 Å². The molecule has 1 atom stereocenters. The highest BCUT2D eigenvalue weighted by Crippen LogP contribution is 2.09. The largest absolute Gasteiger partial charge is 0.480 e. The normalized spacial score (nSPS) is 12.0. The molecule has 0 spiro atoms. The molecule has 0 aliphatic carbocycles. The number of aliphatic carboxylic acids is 1. The number of hydrogen-bond acceptors (Lipinski definition) is 4. The predicted octanol–water partition coefficient (Wildman–Crippen LogP) is 2.78. The smallest absolute Gasteiger partial charge is 0.408 e. The maximum Gasteiger partial charge on any atom is 0.408 e. The van der Waals surface area contributed by atoms with Crippen molar-refractivity contribution in [3.63, 3.8) is 0 Å². The van der Waals surface area contributed by atoms with Gasteiger partial charge in [-0.05, 0) is 44.7 Å². The van der Waals surface area contributed by atoms with Crippen LogP contribution in [0.15, 0.2) is 0 Å². The Morgan fingerprint density at radius 2 is 1.65 bits per heavy atom. The van der Waals surface area contributed by atoms with E-state index in [1.807, 2.05) is 13.8 Å². The molecule has 20 heavy (non-hydrogen) atoms. The minimum Gasteiger partial charge on any atom is -0.480 e. The molecule has 0 aliphatic rings. The van der Waals surface area contributed by atoms with Gasteiger partial charge in [0.05, 0.1) is 0 Å². The van der Waals surface area contributed by atoms with Crippen LogP contribution < -0.4 is 5.32 Å². The second-order valence-corrected chi connectivity index (χ2v) is 6.17. The first-order valence-corrected chi connectivity index (χ1v) is 6.61. The molecular formula is C13H24ClNO5. The highest BCUT2D eigenvalue weighted by molar-refractivity contribution is 6.62. The minimum absolute atomic E-state index is 0.191. The monoisotopic (exact) mass is 309 g/mol. The summed E-state index contributed by atoms with van der Waals surface area (Å²) in [4.78, 5) is 31.4. The van der Waals surface area contributed by atoms with Gasteiger partial charge in [0.2, 0.25) is 5.24 Å². The third-order valence-electron chi connectivity index (χ3n) is 1.70. The average Bonchev–Trinajstić information content (AvgIpc) is 2.11. The summed E-state index contributed by atoms with van der Waals surface area (Å²) in [5.74, 6) is -0.851.